The van der Waals surface area contributed by atoms with Crippen molar-refractivity contribution in [3.63, 3.8) is 0 Å². The highest BCUT2D eigenvalue weighted by Crippen LogP contribution is 2.31. The molecule has 1 aromatic carbocycles. The van der Waals surface area contributed by atoms with Crippen LogP contribution in [-0.2, 0) is 14.8 Å². The molecule has 0 bridgehead atoms. The van der Waals surface area contributed by atoms with E-state index < -0.39 is 16.1 Å². The Labute approximate surface area is 163 Å². The minimum Gasteiger partial charge on any atom is -0.339 e. The molecule has 2 aliphatic heterocycles. The summed E-state index contributed by atoms with van der Waals surface area (Å²) in [5.74, 6) is -0.0331. The van der Waals surface area contributed by atoms with Crippen molar-refractivity contribution in [3.05, 3.63) is 28.8 Å². The number of hydrogen-bond donors (Lipinski definition) is 0. The van der Waals surface area contributed by atoms with Gasteiger partial charge in [0.05, 0.1) is 4.90 Å². The molecular formula is C20H31N3O3S. The first kappa shape index (κ1) is 20.3. The molecule has 1 atom stereocenters. The Hall–Kier alpha value is -1.44. The van der Waals surface area contributed by atoms with E-state index in [0.717, 1.165) is 42.7 Å². The summed E-state index contributed by atoms with van der Waals surface area (Å²) in [6.07, 6.45) is 1.34. The van der Waals surface area contributed by atoms with E-state index in [1.165, 1.54) is 4.31 Å². The molecule has 1 unspecified atom stereocenters. The molecule has 0 aliphatic carbocycles. The standard InChI is InChI=1S/C20H31N3O3S/c1-5-21-9-11-22(12-10-21)20(24)18-7-6-8-23(18)27(25,26)19-16(3)13-15(2)14-17(19)4/h13-14,18H,5-12H2,1-4H3. The van der Waals surface area contributed by atoms with Gasteiger partial charge < -0.3 is 9.80 Å². The molecule has 2 saturated heterocycles. The summed E-state index contributed by atoms with van der Waals surface area (Å²) in [5.41, 5.74) is 2.55. The fourth-order valence-corrected chi connectivity index (χ4v) is 6.53. The van der Waals surface area contributed by atoms with Gasteiger partial charge in [-0.3, -0.25) is 4.79 Å². The van der Waals surface area contributed by atoms with Crippen LogP contribution in [0.25, 0.3) is 0 Å². The van der Waals surface area contributed by atoms with Gasteiger partial charge in [0.1, 0.15) is 6.04 Å². The average molecular weight is 394 g/mol. The molecule has 1 amide bonds. The lowest BCUT2D eigenvalue weighted by molar-refractivity contribution is -0.136. The Morgan fingerprint density at radius 2 is 1.63 bits per heavy atom. The first-order valence-electron chi connectivity index (χ1n) is 9.86. The molecule has 2 fully saturated rings. The second kappa shape index (κ2) is 7.89. The molecule has 7 heteroatoms. The van der Waals surface area contributed by atoms with E-state index >= 15 is 0 Å². The van der Waals surface area contributed by atoms with Crippen LogP contribution in [0.3, 0.4) is 0 Å². The van der Waals surface area contributed by atoms with Crippen molar-refractivity contribution < 1.29 is 13.2 Å². The van der Waals surface area contributed by atoms with Gasteiger partial charge in [0.2, 0.25) is 15.9 Å². The number of rotatable bonds is 4. The predicted molar refractivity (Wildman–Crippen MR) is 106 cm³/mol. The maximum Gasteiger partial charge on any atom is 0.244 e. The van der Waals surface area contributed by atoms with Crippen LogP contribution in [0.1, 0.15) is 36.5 Å². The van der Waals surface area contributed by atoms with Crippen LogP contribution in [0.5, 0.6) is 0 Å². The minimum absolute atomic E-state index is 0.0331. The molecule has 2 aliphatic rings. The lowest BCUT2D eigenvalue weighted by Crippen LogP contribution is -2.54. The highest BCUT2D eigenvalue weighted by Gasteiger charge is 2.42. The number of piperazine rings is 1. The Balaban J connectivity index is 1.85. The zero-order chi connectivity index (χ0) is 19.8. The van der Waals surface area contributed by atoms with Gasteiger partial charge in [-0.05, 0) is 51.3 Å². The maximum atomic E-state index is 13.4. The molecule has 1 aromatic rings. The predicted octanol–water partition coefficient (Wildman–Crippen LogP) is 1.93. The SMILES string of the molecule is CCN1CCN(C(=O)C2CCCN2S(=O)(=O)c2c(C)cc(C)cc2C)CC1. The van der Waals surface area contributed by atoms with Gasteiger partial charge in [0, 0.05) is 32.7 Å². The topological polar surface area (TPSA) is 60.9 Å². The zero-order valence-electron chi connectivity index (χ0n) is 16.9. The van der Waals surface area contributed by atoms with Gasteiger partial charge in [-0.2, -0.15) is 4.31 Å². The highest BCUT2D eigenvalue weighted by atomic mass is 32.2. The molecule has 150 valence electrons. The molecule has 0 spiro atoms. The molecule has 0 N–H and O–H groups in total. The third kappa shape index (κ3) is 3.91. The second-order valence-electron chi connectivity index (χ2n) is 7.76. The fraction of sp³-hybridized carbons (Fsp3) is 0.650. The fourth-order valence-electron chi connectivity index (χ4n) is 4.46. The van der Waals surface area contributed by atoms with E-state index in [0.29, 0.717) is 31.0 Å². The molecule has 3 rings (SSSR count). The van der Waals surface area contributed by atoms with Crippen LogP contribution < -0.4 is 0 Å². The molecule has 27 heavy (non-hydrogen) atoms. The maximum absolute atomic E-state index is 13.4. The van der Waals surface area contributed by atoms with Crippen LogP contribution in [0, 0.1) is 20.8 Å². The first-order chi connectivity index (χ1) is 12.8. The Morgan fingerprint density at radius 1 is 1.04 bits per heavy atom. The van der Waals surface area contributed by atoms with Gasteiger partial charge in [0.25, 0.3) is 0 Å². The van der Waals surface area contributed by atoms with Crippen molar-refractivity contribution in [3.8, 4) is 0 Å². The minimum atomic E-state index is -3.69. The quantitative estimate of drug-likeness (QED) is 0.784. The summed E-state index contributed by atoms with van der Waals surface area (Å²) in [6, 6.07) is 3.23. The van der Waals surface area contributed by atoms with E-state index in [9.17, 15) is 13.2 Å². The molecule has 6 nitrogen and oxygen atoms in total. The lowest BCUT2D eigenvalue weighted by Gasteiger charge is -2.36. The molecule has 2 heterocycles. The number of benzene rings is 1. The Bertz CT molecular complexity index is 791. The highest BCUT2D eigenvalue weighted by molar-refractivity contribution is 7.89. The number of sulfonamides is 1. The van der Waals surface area contributed by atoms with Crippen LogP contribution >= 0.6 is 0 Å². The van der Waals surface area contributed by atoms with Gasteiger partial charge in [-0.25, -0.2) is 8.42 Å². The third-order valence-corrected chi connectivity index (χ3v) is 8.01. The van der Waals surface area contributed by atoms with E-state index in [1.54, 1.807) is 0 Å². The van der Waals surface area contributed by atoms with Crippen molar-refractivity contribution in [2.45, 2.75) is 51.5 Å². The summed E-state index contributed by atoms with van der Waals surface area (Å²) >= 11 is 0. The molecular weight excluding hydrogens is 362 g/mol. The van der Waals surface area contributed by atoms with Crippen molar-refractivity contribution in [2.75, 3.05) is 39.3 Å². The summed E-state index contributed by atoms with van der Waals surface area (Å²) < 4.78 is 28.3. The van der Waals surface area contributed by atoms with Crippen molar-refractivity contribution in [1.82, 2.24) is 14.1 Å². The number of carbonyl (C=O) groups is 1. The van der Waals surface area contributed by atoms with E-state index in [4.69, 9.17) is 0 Å². The number of nitrogens with zero attached hydrogens (tertiary/aromatic N) is 3. The number of likely N-dealkylation sites (N-methyl/N-ethyl adjacent to an activating group) is 1. The summed E-state index contributed by atoms with van der Waals surface area (Å²) in [6.45, 7) is 12.2. The largest absolute Gasteiger partial charge is 0.339 e. The summed E-state index contributed by atoms with van der Waals surface area (Å²) in [4.78, 5) is 17.6. The number of hydrogen-bond acceptors (Lipinski definition) is 4. The average Bonchev–Trinajstić information content (AvgIpc) is 3.10. The number of aryl methyl sites for hydroxylation is 3. The number of amides is 1. The van der Waals surface area contributed by atoms with Crippen LogP contribution in [0.15, 0.2) is 17.0 Å². The van der Waals surface area contributed by atoms with Gasteiger partial charge in [-0.15, -0.1) is 0 Å². The monoisotopic (exact) mass is 393 g/mol. The summed E-state index contributed by atoms with van der Waals surface area (Å²) in [5, 5.41) is 0. The van der Waals surface area contributed by atoms with Gasteiger partial charge in [-0.1, -0.05) is 24.6 Å². The third-order valence-electron chi connectivity index (χ3n) is 5.79. The smallest absolute Gasteiger partial charge is 0.244 e. The first-order valence-corrected chi connectivity index (χ1v) is 11.3. The normalized spacial score (nSPS) is 22.4. The van der Waals surface area contributed by atoms with Gasteiger partial charge >= 0.3 is 0 Å². The molecule has 0 aromatic heterocycles. The van der Waals surface area contributed by atoms with Crippen LogP contribution in [0.2, 0.25) is 0 Å². The molecule has 0 radical (unpaired) electrons. The number of carbonyl (C=O) groups excluding carboxylic acids is 1. The van der Waals surface area contributed by atoms with Crippen molar-refractivity contribution in [2.24, 2.45) is 0 Å². The lowest BCUT2D eigenvalue weighted by atomic mass is 10.1. The van der Waals surface area contributed by atoms with Crippen molar-refractivity contribution >= 4 is 15.9 Å². The van der Waals surface area contributed by atoms with Gasteiger partial charge in [0.15, 0.2) is 0 Å². The van der Waals surface area contributed by atoms with E-state index in [-0.39, 0.29) is 5.91 Å². The summed E-state index contributed by atoms with van der Waals surface area (Å²) in [7, 11) is -3.69. The van der Waals surface area contributed by atoms with Crippen LogP contribution in [0.4, 0.5) is 0 Å². The Kier molecular flexibility index (Phi) is 5.93. The van der Waals surface area contributed by atoms with Crippen molar-refractivity contribution in [1.29, 1.82) is 0 Å². The zero-order valence-corrected chi connectivity index (χ0v) is 17.7. The van der Waals surface area contributed by atoms with E-state index in [2.05, 4.69) is 11.8 Å². The Morgan fingerprint density at radius 3 is 2.19 bits per heavy atom. The second-order valence-corrected chi connectivity index (χ2v) is 9.59. The molecule has 0 saturated carbocycles. The van der Waals surface area contributed by atoms with Crippen LogP contribution in [-0.4, -0.2) is 73.7 Å². The van der Waals surface area contributed by atoms with E-state index in [1.807, 2.05) is 37.8 Å².